The van der Waals surface area contributed by atoms with Gasteiger partial charge in [-0.05, 0) is 103 Å². The molecule has 4 heterocycles. The molecule has 32 heteroatoms. The number of fused-ring (bicyclic) bond motifs is 2. The van der Waals surface area contributed by atoms with Gasteiger partial charge in [0.05, 0.1) is 188 Å². The van der Waals surface area contributed by atoms with E-state index in [4.69, 9.17) is 52.1 Å². The van der Waals surface area contributed by atoms with Crippen molar-refractivity contribution in [3.8, 4) is 0 Å². The summed E-state index contributed by atoms with van der Waals surface area (Å²) >= 11 is 3.80. The second kappa shape index (κ2) is 71.0. The van der Waals surface area contributed by atoms with Gasteiger partial charge in [-0.15, -0.1) is 0 Å². The van der Waals surface area contributed by atoms with Gasteiger partial charge in [0.15, 0.2) is 0 Å². The van der Waals surface area contributed by atoms with Crippen LogP contribution >= 0.6 is 23.5 Å². The molecule has 11 N–H and O–H groups in total. The molecular formula is C89H154N8O22S2. The number of ether oxygens (including phenoxy) is 11. The first kappa shape index (κ1) is 106. The number of hydrogen-bond acceptors (Lipinski definition) is 24. The molecule has 8 amide bonds. The minimum Gasteiger partial charge on any atom is -0.392 e. The van der Waals surface area contributed by atoms with Crippen molar-refractivity contribution in [3.05, 3.63) is 48.6 Å². The fourth-order valence-corrected chi connectivity index (χ4v) is 18.1. The first-order chi connectivity index (χ1) is 59.2. The fraction of sp³-hybridized carbons (Fsp3) is 0.820. The van der Waals surface area contributed by atoms with Crippen molar-refractivity contribution in [1.82, 2.24) is 42.5 Å². The summed E-state index contributed by atoms with van der Waals surface area (Å²) in [5.41, 5.74) is 0. The second-order valence-corrected chi connectivity index (χ2v) is 34.2. The number of hydrogen-bond donors (Lipinski definition) is 11. The van der Waals surface area contributed by atoms with Crippen LogP contribution in [0, 0.1) is 23.7 Å². The Labute approximate surface area is 730 Å². The predicted octanol–water partition coefficient (Wildman–Crippen LogP) is 8.63. The Morgan fingerprint density at radius 2 is 0.727 bits per heavy atom. The van der Waals surface area contributed by atoms with Crippen LogP contribution in [0.1, 0.15) is 206 Å². The highest BCUT2D eigenvalue weighted by atomic mass is 32.2. The molecule has 0 aromatic heterocycles. The highest BCUT2D eigenvalue weighted by Crippen LogP contribution is 2.37. The summed E-state index contributed by atoms with van der Waals surface area (Å²) in [7, 11) is 0. The summed E-state index contributed by atoms with van der Waals surface area (Å²) in [6, 6.07) is 0.795. The van der Waals surface area contributed by atoms with E-state index >= 15 is 0 Å². The van der Waals surface area contributed by atoms with E-state index in [0.717, 1.165) is 127 Å². The van der Waals surface area contributed by atoms with Gasteiger partial charge < -0.3 is 110 Å². The van der Waals surface area contributed by atoms with Crippen molar-refractivity contribution < 1.29 is 106 Å². The SMILES string of the molecule is CCCCCC/C=C/[C@@H]1C(C/C=C\CCCC(=O)NCCOCCOCCOCCOCCOCCOCCOCCOCCOCCOCCOCCNC(=O)CCCCC2SC[C@@H]3NC(=O)N[C@H]23)C(=O)C[C@H]1O.CCCCC[C@H](O)/C=C/[C@@H]1C(C/C=C\CCCC(=O)NCCCCCNC(=O)CCCC[C@H]2SC[C@@H]3NC(=O)N[C@@H]32)C(=O)C[C@H]1O. The van der Waals surface area contributed by atoms with Crippen LogP contribution in [0.2, 0.25) is 0 Å². The second-order valence-electron chi connectivity index (χ2n) is 31.7. The van der Waals surface area contributed by atoms with E-state index in [0.29, 0.717) is 227 Å². The molecule has 6 fully saturated rings. The number of amides is 8. The number of aliphatic hydroxyl groups is 3. The van der Waals surface area contributed by atoms with Crippen LogP contribution < -0.4 is 42.5 Å². The predicted molar refractivity (Wildman–Crippen MR) is 470 cm³/mol. The molecule has 694 valence electrons. The van der Waals surface area contributed by atoms with Gasteiger partial charge in [-0.3, -0.25) is 28.8 Å². The number of carbonyl (C=O) groups is 8. The molecule has 3 unspecified atom stereocenters. The number of urea groups is 2. The lowest BCUT2D eigenvalue weighted by atomic mass is 9.90. The van der Waals surface area contributed by atoms with Gasteiger partial charge in [-0.2, -0.15) is 23.5 Å². The zero-order valence-electron chi connectivity index (χ0n) is 73.1. The van der Waals surface area contributed by atoms with E-state index in [2.05, 4.69) is 68.5 Å². The first-order valence-electron chi connectivity index (χ1n) is 45.7. The molecule has 2 aliphatic carbocycles. The maximum Gasteiger partial charge on any atom is 0.315 e. The van der Waals surface area contributed by atoms with Gasteiger partial charge in [0.1, 0.15) is 11.6 Å². The first-order valence-corrected chi connectivity index (χ1v) is 47.8. The lowest BCUT2D eigenvalue weighted by Gasteiger charge is -2.16. The van der Waals surface area contributed by atoms with Gasteiger partial charge in [-0.1, -0.05) is 114 Å². The van der Waals surface area contributed by atoms with Crippen molar-refractivity contribution in [1.29, 1.82) is 0 Å². The van der Waals surface area contributed by atoms with Gasteiger partial charge >= 0.3 is 12.1 Å². The van der Waals surface area contributed by atoms with E-state index in [1.165, 1.54) is 19.3 Å². The van der Waals surface area contributed by atoms with Crippen molar-refractivity contribution >= 4 is 70.8 Å². The minimum atomic E-state index is -0.694. The average molecular weight is 1750 g/mol. The standard InChI is InChI=1S/C54H96N4O16S.C35H58N4O6S/c1-2-3-4-5-6-9-14-45-46(49(60)43-48(45)59)15-10-7-8-11-17-51(61)55-19-21-64-23-25-66-27-29-68-31-33-70-35-37-72-39-41-74-42-40-73-38-36-71-34-32-69-30-28-67-26-24-65-22-20-56-52(62)18-13-12-16-50-53-47(44-75-50)57-54(63)58-53;1-2-3-7-14-25(40)19-20-27-26(29(41)23-30(27)42)15-8-4-5-9-17-32(43)36-21-12-6-13-22-37-33(44)18-11-10-16-31-34-28(24-46-31)38-35(45)39-34/h7,9-10,14,45-48,50,53,59H,2-6,8,11-13,15-44H2,1H3,(H,55,61)(H,56,62)(H2,57,58,63);4,8,19-20,25-28,30-31,34,40,42H,2-3,5-7,9-18,21-24H2,1H3,(H,36,43)(H,37,44)(H2,38,39,45)/b10-7-,14-9+;8-4-,20-19+/t45-,46?,47+,48-,50?,53+;25-,26?,27+,28-,30+,31+,34-/m10/s1. The van der Waals surface area contributed by atoms with E-state index in [-0.39, 0.29) is 108 Å². The van der Waals surface area contributed by atoms with Gasteiger partial charge in [0.25, 0.3) is 0 Å². The molecule has 6 rings (SSSR count). The number of carbonyl (C=O) groups excluding carboxylic acids is 8. The number of unbranched alkanes of at least 4 members (excludes halogenated alkanes) is 12. The Morgan fingerprint density at radius 1 is 0.388 bits per heavy atom. The molecule has 0 aromatic carbocycles. The maximum absolute atomic E-state index is 12.5. The van der Waals surface area contributed by atoms with E-state index in [9.17, 15) is 53.7 Å². The largest absolute Gasteiger partial charge is 0.392 e. The molecule has 6 aliphatic rings. The number of allylic oxidation sites excluding steroid dienone is 5. The summed E-state index contributed by atoms with van der Waals surface area (Å²) in [5, 5.41) is 55.4. The summed E-state index contributed by atoms with van der Waals surface area (Å²) in [6.45, 7) is 16.7. The Balaban J connectivity index is 0.000000482. The fourth-order valence-electron chi connectivity index (χ4n) is 15.0. The Kier molecular flexibility index (Phi) is 62.4. The number of nitrogens with one attached hydrogen (secondary N) is 8. The third-order valence-corrected chi connectivity index (χ3v) is 24.9. The van der Waals surface area contributed by atoms with Gasteiger partial charge in [-0.25, -0.2) is 9.59 Å². The maximum atomic E-state index is 12.5. The van der Waals surface area contributed by atoms with Crippen molar-refractivity contribution in [2.75, 3.05) is 183 Å². The van der Waals surface area contributed by atoms with Gasteiger partial charge in [0.2, 0.25) is 23.6 Å². The highest BCUT2D eigenvalue weighted by Gasteiger charge is 2.44. The van der Waals surface area contributed by atoms with Crippen molar-refractivity contribution in [2.24, 2.45) is 23.7 Å². The lowest BCUT2D eigenvalue weighted by molar-refractivity contribution is -0.122. The summed E-state index contributed by atoms with van der Waals surface area (Å²) in [5.74, 6) is 1.48. The quantitative estimate of drug-likeness (QED) is 0.0154. The number of aliphatic hydroxyl groups excluding tert-OH is 3. The van der Waals surface area contributed by atoms with Crippen LogP contribution in [-0.4, -0.2) is 299 Å². The molecule has 0 spiro atoms. The zero-order valence-corrected chi connectivity index (χ0v) is 74.7. The molecule has 121 heavy (non-hydrogen) atoms. The molecule has 30 nitrogen and oxygen atoms in total. The van der Waals surface area contributed by atoms with E-state index < -0.39 is 18.3 Å². The Hall–Kier alpha value is -5.14. The lowest BCUT2D eigenvalue weighted by Crippen LogP contribution is -2.36. The minimum absolute atomic E-state index is 0.00861. The van der Waals surface area contributed by atoms with E-state index in [1.807, 2.05) is 53.9 Å². The van der Waals surface area contributed by atoms with Crippen LogP contribution in [-0.2, 0) is 80.9 Å². The van der Waals surface area contributed by atoms with Crippen LogP contribution in [0.5, 0.6) is 0 Å². The number of Topliss-reactive ketones (excluding diaryl/α,β-unsaturated/α-hetero) is 2. The van der Waals surface area contributed by atoms with Crippen LogP contribution in [0.4, 0.5) is 9.59 Å². The van der Waals surface area contributed by atoms with Crippen LogP contribution in [0.15, 0.2) is 48.6 Å². The molecule has 0 aromatic rings. The van der Waals surface area contributed by atoms with Gasteiger partial charge in [0, 0.05) is 110 Å². The van der Waals surface area contributed by atoms with E-state index in [1.54, 1.807) is 6.08 Å². The highest BCUT2D eigenvalue weighted by molar-refractivity contribution is 8.00. The zero-order chi connectivity index (χ0) is 86.6. The number of rotatable bonds is 76. The molecular weight excluding hydrogens is 1600 g/mol. The summed E-state index contributed by atoms with van der Waals surface area (Å²) in [6.07, 6.45) is 38.5. The molecule has 2 saturated carbocycles. The van der Waals surface area contributed by atoms with Crippen LogP contribution in [0.3, 0.4) is 0 Å². The normalized spacial score (nSPS) is 22.7. The Morgan fingerprint density at radius 3 is 1.12 bits per heavy atom. The van der Waals surface area contributed by atoms with Crippen molar-refractivity contribution in [3.63, 3.8) is 0 Å². The molecule has 0 bridgehead atoms. The summed E-state index contributed by atoms with van der Waals surface area (Å²) < 4.78 is 60.8. The monoisotopic (exact) mass is 1750 g/mol. The average Bonchev–Trinajstić information content (AvgIpc) is 1.64. The van der Waals surface area contributed by atoms with Crippen LogP contribution in [0.25, 0.3) is 0 Å². The molecule has 4 saturated heterocycles. The molecule has 13 atom stereocenters. The molecule has 0 radical (unpaired) electrons. The number of ketones is 2. The third-order valence-electron chi connectivity index (χ3n) is 21.9. The Bertz CT molecular complexity index is 2890. The number of thioether (sulfide) groups is 2. The topological polar surface area (TPSA) is 395 Å². The third kappa shape index (κ3) is 51.3. The van der Waals surface area contributed by atoms with Crippen molar-refractivity contribution in [2.45, 2.75) is 259 Å². The smallest absolute Gasteiger partial charge is 0.315 e. The molecule has 4 aliphatic heterocycles. The summed E-state index contributed by atoms with van der Waals surface area (Å²) in [4.78, 5) is 96.4.